The van der Waals surface area contributed by atoms with E-state index in [1.807, 2.05) is 0 Å². The predicted molar refractivity (Wildman–Crippen MR) is 212 cm³/mol. The van der Waals surface area contributed by atoms with Crippen molar-refractivity contribution in [3.63, 3.8) is 0 Å². The molecule has 4 amide bonds. The minimum atomic E-state index is -4.63. The Kier molecular flexibility index (Phi) is 16.7. The molecule has 0 radical (unpaired) electrons. The van der Waals surface area contributed by atoms with Crippen molar-refractivity contribution in [1.82, 2.24) is 10.2 Å². The number of nitrogens with two attached hydrogens (primary N) is 2. The molecule has 6 N–H and O–H groups in total. The second-order valence-corrected chi connectivity index (χ2v) is 14.2. The smallest absolute Gasteiger partial charge is 0.346 e. The van der Waals surface area contributed by atoms with Crippen LogP contribution in [0.4, 0.5) is 28.9 Å². The zero-order valence-electron chi connectivity index (χ0n) is 31.4. The Morgan fingerprint density at radius 1 is 0.929 bits per heavy atom. The first-order chi connectivity index (χ1) is 25.7. The van der Waals surface area contributed by atoms with Crippen molar-refractivity contribution < 1.29 is 36.7 Å². The first-order valence-electron chi connectivity index (χ1n) is 18.4. The first-order valence-corrected chi connectivity index (χ1v) is 18.4. The van der Waals surface area contributed by atoms with E-state index in [-0.39, 0.29) is 66.7 Å². The van der Waals surface area contributed by atoms with E-state index in [2.05, 4.69) is 10.6 Å². The molecule has 1 aliphatic carbocycles. The van der Waals surface area contributed by atoms with Gasteiger partial charge in [0.1, 0.15) is 5.82 Å². The van der Waals surface area contributed by atoms with Gasteiger partial charge in [-0.05, 0) is 106 Å². The summed E-state index contributed by atoms with van der Waals surface area (Å²) in [4.78, 5) is 57.5. The average molecular weight is 826 g/mol. The molecule has 5 rings (SSSR count). The second kappa shape index (κ2) is 20.3. The van der Waals surface area contributed by atoms with E-state index in [0.717, 1.165) is 31.7 Å². The van der Waals surface area contributed by atoms with Crippen molar-refractivity contribution in [2.45, 2.75) is 89.5 Å². The Bertz CT molecular complexity index is 1820. The first kappa shape index (κ1) is 46.1. The Labute approximate surface area is 336 Å². The van der Waals surface area contributed by atoms with Gasteiger partial charge < -0.3 is 31.9 Å². The third kappa shape index (κ3) is 10.8. The van der Waals surface area contributed by atoms with E-state index in [1.54, 1.807) is 42.2 Å². The van der Waals surface area contributed by atoms with Crippen molar-refractivity contribution in [3.8, 4) is 0 Å². The molecule has 1 saturated heterocycles. The van der Waals surface area contributed by atoms with Crippen molar-refractivity contribution in [2.75, 3.05) is 29.9 Å². The number of piperidine rings is 1. The molecule has 10 nitrogen and oxygen atoms in total. The molecular formula is C40H50Cl2F4N6O4. The highest BCUT2D eigenvalue weighted by atomic mass is 35.5. The standard InChI is InChI=1S/C40H48F4N6O4.2ClH/c1-24-14-17-27(22-31(24)40(42,43)44)48-37(52)30-11-7-21-49(39(54)35-25(2)8-5-12-32(35)41)36(30)26-15-18-29(19-16-26)50(28-9-3-4-10-28)34(51)23-47-38(53)33(46)13-6-20-45;;/h5,8,12,14-19,22,28,30,33,36H,3-4,6-7,9-11,13,20-21,23,45-46H2,1-2H3,(H,47,53)(H,48,52);2*1H/t30-,33?,36-;;/m0../s1. The normalized spacial score (nSPS) is 17.6. The molecule has 1 heterocycles. The topological polar surface area (TPSA) is 151 Å². The second-order valence-electron chi connectivity index (χ2n) is 14.2. The Balaban J connectivity index is 0.00000420. The molecule has 3 aromatic rings. The molecule has 2 aliphatic rings. The molecule has 3 atom stereocenters. The molecule has 1 unspecified atom stereocenters. The lowest BCUT2D eigenvalue weighted by Gasteiger charge is -2.41. The van der Waals surface area contributed by atoms with Crippen LogP contribution in [0.1, 0.15) is 90.0 Å². The van der Waals surface area contributed by atoms with Crippen LogP contribution < -0.4 is 27.0 Å². The van der Waals surface area contributed by atoms with E-state index < -0.39 is 53.3 Å². The van der Waals surface area contributed by atoms with Gasteiger partial charge in [0.05, 0.1) is 35.7 Å². The number of anilines is 2. The van der Waals surface area contributed by atoms with Crippen LogP contribution in [0.5, 0.6) is 0 Å². The summed E-state index contributed by atoms with van der Waals surface area (Å²) in [5.41, 5.74) is 11.9. The number of carbonyl (C=O) groups excluding carboxylic acids is 4. The van der Waals surface area contributed by atoms with Crippen LogP contribution in [0, 0.1) is 25.6 Å². The van der Waals surface area contributed by atoms with Gasteiger partial charge in [0.15, 0.2) is 0 Å². The van der Waals surface area contributed by atoms with Crippen LogP contribution in [0.2, 0.25) is 0 Å². The summed E-state index contributed by atoms with van der Waals surface area (Å²) in [7, 11) is 0. The van der Waals surface area contributed by atoms with Gasteiger partial charge in [-0.2, -0.15) is 13.2 Å². The van der Waals surface area contributed by atoms with E-state index in [9.17, 15) is 32.3 Å². The predicted octanol–water partition coefficient (Wildman–Crippen LogP) is 7.00. The molecule has 16 heteroatoms. The van der Waals surface area contributed by atoms with E-state index in [1.165, 1.54) is 36.1 Å². The molecule has 3 aromatic carbocycles. The Morgan fingerprint density at radius 2 is 1.61 bits per heavy atom. The van der Waals surface area contributed by atoms with Gasteiger partial charge in [-0.25, -0.2) is 4.39 Å². The summed E-state index contributed by atoms with van der Waals surface area (Å²) in [5.74, 6) is -3.61. The number of benzene rings is 3. The maximum Gasteiger partial charge on any atom is 0.416 e. The molecule has 56 heavy (non-hydrogen) atoms. The van der Waals surface area contributed by atoms with Gasteiger partial charge in [-0.1, -0.05) is 43.2 Å². The van der Waals surface area contributed by atoms with E-state index in [4.69, 9.17) is 11.5 Å². The highest BCUT2D eigenvalue weighted by Crippen LogP contribution is 2.40. The van der Waals surface area contributed by atoms with Gasteiger partial charge in [0, 0.05) is 24.0 Å². The average Bonchev–Trinajstić information content (AvgIpc) is 3.67. The number of amides is 4. The van der Waals surface area contributed by atoms with Gasteiger partial charge in [0.2, 0.25) is 17.7 Å². The van der Waals surface area contributed by atoms with Gasteiger partial charge in [-0.3, -0.25) is 19.2 Å². The number of nitrogens with zero attached hydrogens (tertiary/aromatic N) is 2. The number of hydrogen-bond donors (Lipinski definition) is 4. The van der Waals surface area contributed by atoms with Gasteiger partial charge in [-0.15, -0.1) is 24.8 Å². The lowest BCUT2D eigenvalue weighted by molar-refractivity contribution is -0.138. The lowest BCUT2D eigenvalue weighted by Crippen LogP contribution is -2.48. The summed E-state index contributed by atoms with van der Waals surface area (Å²) in [5, 5.41) is 5.29. The SMILES string of the molecule is Cc1ccc(NC(=O)[C@H]2CCCN(C(=O)c3c(C)cccc3F)[C@H]2c2ccc(N(C(=O)CNC(=O)C(N)CCCN)C3CCCC3)cc2)cc1C(F)(F)F.Cl.Cl. The minimum absolute atomic E-state index is 0. The number of rotatable bonds is 12. The summed E-state index contributed by atoms with van der Waals surface area (Å²) in [6.07, 6.45) is 0.413. The fraction of sp³-hybridized carbons (Fsp3) is 0.450. The highest BCUT2D eigenvalue weighted by Gasteiger charge is 2.41. The minimum Gasteiger partial charge on any atom is -0.346 e. The molecule has 0 bridgehead atoms. The van der Waals surface area contributed by atoms with Crippen LogP contribution >= 0.6 is 24.8 Å². The van der Waals surface area contributed by atoms with E-state index >= 15 is 4.39 Å². The Morgan fingerprint density at radius 3 is 2.23 bits per heavy atom. The third-order valence-corrected chi connectivity index (χ3v) is 10.4. The van der Waals surface area contributed by atoms with Crippen molar-refractivity contribution in [1.29, 1.82) is 0 Å². The molecule has 0 aromatic heterocycles. The lowest BCUT2D eigenvalue weighted by atomic mass is 9.83. The molecule has 306 valence electrons. The molecule has 0 spiro atoms. The number of aryl methyl sites for hydroxylation is 2. The van der Waals surface area contributed by atoms with Gasteiger partial charge in [0.25, 0.3) is 5.91 Å². The van der Waals surface area contributed by atoms with Crippen LogP contribution in [0.25, 0.3) is 0 Å². The largest absolute Gasteiger partial charge is 0.416 e. The number of likely N-dealkylation sites (tertiary alicyclic amines) is 1. The quantitative estimate of drug-likeness (QED) is 0.145. The zero-order chi connectivity index (χ0) is 39.2. The molecule has 1 saturated carbocycles. The summed E-state index contributed by atoms with van der Waals surface area (Å²) in [6.45, 7) is 3.28. The summed E-state index contributed by atoms with van der Waals surface area (Å²) >= 11 is 0. The monoisotopic (exact) mass is 824 g/mol. The highest BCUT2D eigenvalue weighted by molar-refractivity contribution is 5.99. The van der Waals surface area contributed by atoms with Crippen molar-refractivity contribution >= 4 is 59.8 Å². The number of nitrogens with one attached hydrogen (secondary N) is 2. The van der Waals surface area contributed by atoms with Crippen LogP contribution in [0.3, 0.4) is 0 Å². The number of alkyl halides is 3. The Hall–Kier alpha value is -4.24. The zero-order valence-corrected chi connectivity index (χ0v) is 33.0. The molecule has 1 aliphatic heterocycles. The molecule has 2 fully saturated rings. The maximum atomic E-state index is 15.2. The number of carbonyl (C=O) groups is 4. The number of halogens is 6. The fourth-order valence-electron chi connectivity index (χ4n) is 7.60. The summed E-state index contributed by atoms with van der Waals surface area (Å²) in [6, 6.07) is 12.9. The van der Waals surface area contributed by atoms with Crippen molar-refractivity contribution in [3.05, 3.63) is 94.3 Å². The van der Waals surface area contributed by atoms with Crippen LogP contribution in [-0.2, 0) is 20.6 Å². The maximum absolute atomic E-state index is 15.2. The fourth-order valence-corrected chi connectivity index (χ4v) is 7.60. The number of hydrogen-bond acceptors (Lipinski definition) is 6. The van der Waals surface area contributed by atoms with Crippen LogP contribution in [0.15, 0.2) is 60.7 Å². The third-order valence-electron chi connectivity index (χ3n) is 10.4. The summed E-state index contributed by atoms with van der Waals surface area (Å²) < 4.78 is 56.3. The van der Waals surface area contributed by atoms with Crippen LogP contribution in [-0.4, -0.2) is 60.2 Å². The van der Waals surface area contributed by atoms with Gasteiger partial charge >= 0.3 is 6.18 Å². The van der Waals surface area contributed by atoms with E-state index in [0.29, 0.717) is 49.0 Å². The molecular weight excluding hydrogens is 775 g/mol. The van der Waals surface area contributed by atoms with Crippen molar-refractivity contribution in [2.24, 2.45) is 17.4 Å².